The summed E-state index contributed by atoms with van der Waals surface area (Å²) >= 11 is 1.41. The van der Waals surface area contributed by atoms with E-state index in [1.165, 1.54) is 18.4 Å². The minimum Gasteiger partial charge on any atom is -0.469 e. The molecule has 0 fully saturated rings. The summed E-state index contributed by atoms with van der Waals surface area (Å²) in [5.74, 6) is -0.349. The number of hydrogen-bond acceptors (Lipinski definition) is 4. The van der Waals surface area contributed by atoms with Gasteiger partial charge >= 0.3 is 5.97 Å². The molecule has 3 aromatic rings. The molecule has 2 aromatic carbocycles. The second-order valence-corrected chi connectivity index (χ2v) is 6.33. The molecule has 0 saturated heterocycles. The first-order chi connectivity index (χ1) is 11.7. The van der Waals surface area contributed by atoms with Crippen LogP contribution in [0.15, 0.2) is 66.7 Å². The van der Waals surface area contributed by atoms with E-state index in [1.807, 2.05) is 48.5 Å². The predicted octanol–water partition coefficient (Wildman–Crippen LogP) is 4.36. The molecular weight excluding hydrogens is 320 g/mol. The number of ketones is 1. The number of carbonyl (C=O) groups excluding carboxylic acids is 2. The molecule has 0 atom stereocenters. The molecule has 0 amide bonds. The average Bonchev–Trinajstić information content (AvgIpc) is 3.06. The van der Waals surface area contributed by atoms with Gasteiger partial charge in [0.15, 0.2) is 0 Å². The van der Waals surface area contributed by atoms with Crippen LogP contribution in [0, 0.1) is 0 Å². The molecule has 0 saturated carbocycles. The summed E-state index contributed by atoms with van der Waals surface area (Å²) in [5, 5.41) is 0. The first-order valence-corrected chi connectivity index (χ1v) is 8.35. The molecule has 4 heteroatoms. The standard InChI is InChI=1S/C20H16O3S/c1-23-18(21)13-16-12-17(19(22)14-8-4-2-5-9-14)24-20(16)15-10-6-3-7-11-15/h2-12H,13H2,1H3. The van der Waals surface area contributed by atoms with Crippen LogP contribution in [-0.4, -0.2) is 18.9 Å². The summed E-state index contributed by atoms with van der Waals surface area (Å²) in [7, 11) is 1.37. The summed E-state index contributed by atoms with van der Waals surface area (Å²) in [5.41, 5.74) is 2.45. The van der Waals surface area contributed by atoms with E-state index in [0.29, 0.717) is 10.4 Å². The Kier molecular flexibility index (Phi) is 4.87. The molecule has 3 rings (SSSR count). The van der Waals surface area contributed by atoms with Gasteiger partial charge in [-0.3, -0.25) is 9.59 Å². The largest absolute Gasteiger partial charge is 0.469 e. The molecule has 0 bridgehead atoms. The number of hydrogen-bond donors (Lipinski definition) is 0. The zero-order valence-electron chi connectivity index (χ0n) is 13.2. The molecule has 0 spiro atoms. The van der Waals surface area contributed by atoms with Crippen molar-refractivity contribution in [2.75, 3.05) is 7.11 Å². The van der Waals surface area contributed by atoms with Gasteiger partial charge in [0.2, 0.25) is 5.78 Å². The molecule has 1 aromatic heterocycles. The van der Waals surface area contributed by atoms with Gasteiger partial charge in [-0.2, -0.15) is 0 Å². The van der Waals surface area contributed by atoms with E-state index in [-0.39, 0.29) is 18.2 Å². The van der Waals surface area contributed by atoms with Gasteiger partial charge in [-0.25, -0.2) is 0 Å². The van der Waals surface area contributed by atoms with Crippen LogP contribution in [0.3, 0.4) is 0 Å². The van der Waals surface area contributed by atoms with Gasteiger partial charge in [0, 0.05) is 10.4 Å². The molecule has 0 radical (unpaired) electrons. The quantitative estimate of drug-likeness (QED) is 0.513. The van der Waals surface area contributed by atoms with Crippen molar-refractivity contribution >= 4 is 23.1 Å². The van der Waals surface area contributed by atoms with E-state index in [1.54, 1.807) is 18.2 Å². The number of methoxy groups -OCH3 is 1. The van der Waals surface area contributed by atoms with Crippen LogP contribution in [0.25, 0.3) is 10.4 Å². The molecule has 24 heavy (non-hydrogen) atoms. The van der Waals surface area contributed by atoms with E-state index < -0.39 is 0 Å². The molecule has 0 aliphatic rings. The Labute approximate surface area is 144 Å². The molecule has 0 aliphatic heterocycles. The van der Waals surface area contributed by atoms with Gasteiger partial charge < -0.3 is 4.74 Å². The first kappa shape index (κ1) is 16.1. The zero-order chi connectivity index (χ0) is 16.9. The van der Waals surface area contributed by atoms with Crippen molar-refractivity contribution in [1.82, 2.24) is 0 Å². The van der Waals surface area contributed by atoms with E-state index in [0.717, 1.165) is 16.0 Å². The highest BCUT2D eigenvalue weighted by molar-refractivity contribution is 7.17. The first-order valence-electron chi connectivity index (χ1n) is 7.53. The summed E-state index contributed by atoms with van der Waals surface area (Å²) in [6.07, 6.45) is 0.152. The van der Waals surface area contributed by atoms with Crippen molar-refractivity contribution in [2.24, 2.45) is 0 Å². The Morgan fingerprint density at radius 2 is 1.58 bits per heavy atom. The van der Waals surface area contributed by atoms with E-state index in [9.17, 15) is 9.59 Å². The fourth-order valence-corrected chi connectivity index (χ4v) is 3.61. The maximum atomic E-state index is 12.7. The third-order valence-electron chi connectivity index (χ3n) is 3.67. The van der Waals surface area contributed by atoms with Gasteiger partial charge in [0.1, 0.15) is 0 Å². The topological polar surface area (TPSA) is 43.4 Å². The normalized spacial score (nSPS) is 10.4. The van der Waals surface area contributed by atoms with Crippen LogP contribution in [0.4, 0.5) is 0 Å². The summed E-state index contributed by atoms with van der Waals surface area (Å²) < 4.78 is 4.78. The number of ether oxygens (including phenoxy) is 1. The number of carbonyl (C=O) groups is 2. The van der Waals surface area contributed by atoms with E-state index >= 15 is 0 Å². The van der Waals surface area contributed by atoms with Crippen molar-refractivity contribution in [3.05, 3.63) is 82.7 Å². The van der Waals surface area contributed by atoms with E-state index in [4.69, 9.17) is 4.74 Å². The van der Waals surface area contributed by atoms with Crippen molar-refractivity contribution in [2.45, 2.75) is 6.42 Å². The summed E-state index contributed by atoms with van der Waals surface area (Å²) in [6.45, 7) is 0. The molecule has 0 N–H and O–H groups in total. The van der Waals surface area contributed by atoms with Gasteiger partial charge in [-0.1, -0.05) is 60.7 Å². The van der Waals surface area contributed by atoms with Crippen molar-refractivity contribution in [1.29, 1.82) is 0 Å². The molecule has 1 heterocycles. The lowest BCUT2D eigenvalue weighted by atomic mass is 10.1. The Hall–Kier alpha value is -2.72. The minimum absolute atomic E-state index is 0.0334. The van der Waals surface area contributed by atoms with Gasteiger partial charge in [-0.15, -0.1) is 11.3 Å². The molecule has 0 aliphatic carbocycles. The molecule has 120 valence electrons. The van der Waals surface area contributed by atoms with Crippen LogP contribution in [-0.2, 0) is 16.0 Å². The highest BCUT2D eigenvalue weighted by Gasteiger charge is 2.19. The van der Waals surface area contributed by atoms with Crippen LogP contribution < -0.4 is 0 Å². The number of benzene rings is 2. The minimum atomic E-state index is -0.316. The number of thiophene rings is 1. The highest BCUT2D eigenvalue weighted by Crippen LogP contribution is 2.34. The Bertz CT molecular complexity index is 851. The lowest BCUT2D eigenvalue weighted by molar-refractivity contribution is -0.139. The Morgan fingerprint density at radius 1 is 0.958 bits per heavy atom. The fraction of sp³-hybridized carbons (Fsp3) is 0.100. The average molecular weight is 336 g/mol. The predicted molar refractivity (Wildman–Crippen MR) is 95.3 cm³/mol. The Balaban J connectivity index is 2.03. The molecular formula is C20H16O3S. The van der Waals surface area contributed by atoms with Crippen LogP contribution in [0.5, 0.6) is 0 Å². The Morgan fingerprint density at radius 3 is 2.21 bits per heavy atom. The molecule has 0 unspecified atom stereocenters. The van der Waals surface area contributed by atoms with Crippen LogP contribution in [0.1, 0.15) is 20.8 Å². The lowest BCUT2D eigenvalue weighted by Crippen LogP contribution is -2.04. The zero-order valence-corrected chi connectivity index (χ0v) is 14.0. The third kappa shape index (κ3) is 3.44. The fourth-order valence-electron chi connectivity index (χ4n) is 2.47. The molecule has 3 nitrogen and oxygen atoms in total. The SMILES string of the molecule is COC(=O)Cc1cc(C(=O)c2ccccc2)sc1-c1ccccc1. The van der Waals surface area contributed by atoms with Gasteiger partial charge in [0.25, 0.3) is 0 Å². The highest BCUT2D eigenvalue weighted by atomic mass is 32.1. The van der Waals surface area contributed by atoms with Crippen molar-refractivity contribution in [3.8, 4) is 10.4 Å². The smallest absolute Gasteiger partial charge is 0.310 e. The summed E-state index contributed by atoms with van der Waals surface area (Å²) in [6, 6.07) is 20.7. The maximum absolute atomic E-state index is 12.7. The van der Waals surface area contributed by atoms with Crippen molar-refractivity contribution < 1.29 is 14.3 Å². The van der Waals surface area contributed by atoms with Gasteiger partial charge in [0.05, 0.1) is 18.4 Å². The monoisotopic (exact) mass is 336 g/mol. The van der Waals surface area contributed by atoms with Crippen molar-refractivity contribution in [3.63, 3.8) is 0 Å². The maximum Gasteiger partial charge on any atom is 0.310 e. The number of esters is 1. The third-order valence-corrected chi connectivity index (χ3v) is 4.89. The van der Waals surface area contributed by atoms with E-state index in [2.05, 4.69) is 0 Å². The van der Waals surface area contributed by atoms with Crippen LogP contribution in [0.2, 0.25) is 0 Å². The summed E-state index contributed by atoms with van der Waals surface area (Å²) in [4.78, 5) is 26.0. The second-order valence-electron chi connectivity index (χ2n) is 5.28. The lowest BCUT2D eigenvalue weighted by Gasteiger charge is -2.02. The van der Waals surface area contributed by atoms with Crippen LogP contribution >= 0.6 is 11.3 Å². The second kappa shape index (κ2) is 7.23. The van der Waals surface area contributed by atoms with Gasteiger partial charge in [-0.05, 0) is 17.2 Å². The number of rotatable bonds is 5.